The van der Waals surface area contributed by atoms with Gasteiger partial charge in [0.05, 0.1) is 31.3 Å². The molecular weight excluding hydrogens is 520 g/mol. The largest absolute Gasteiger partial charge is 0.497 e. The Kier molecular flexibility index (Phi) is 8.93. The fraction of sp³-hybridized carbons (Fsp3) is 0.548. The number of methoxy groups -OCH3 is 1. The molecule has 0 bridgehead atoms. The van der Waals surface area contributed by atoms with Gasteiger partial charge in [-0.25, -0.2) is 0 Å². The molecule has 10 heteroatoms. The van der Waals surface area contributed by atoms with Gasteiger partial charge in [0.2, 0.25) is 5.91 Å². The normalized spacial score (nSPS) is 22.5. The number of carbonyl (C=O) groups is 1. The van der Waals surface area contributed by atoms with Crippen molar-refractivity contribution in [2.75, 3.05) is 51.8 Å². The van der Waals surface area contributed by atoms with Crippen LogP contribution in [0.3, 0.4) is 0 Å². The molecule has 1 aliphatic carbocycles. The standard InChI is InChI=1S/C31H40N6O4/c1-5-29(38)37-16-15-36(19-22(37)12-13-32)30-26-10-8-25(41-28-11-9-24(39-4)17-21(28)2)18-27(26)33-31(34-30)40-20-23-7-6-14-35(23)3/h5,9,11,17,22-23,25H,1,6-8,10,12,14-16,18-20H2,2-4H3/t22?,23?,25-/m1/s1. The van der Waals surface area contributed by atoms with Crippen LogP contribution in [0.4, 0.5) is 5.82 Å². The van der Waals surface area contributed by atoms with Crippen molar-refractivity contribution in [1.29, 1.82) is 5.26 Å². The second kappa shape index (κ2) is 12.8. The van der Waals surface area contributed by atoms with E-state index >= 15 is 0 Å². The average molecular weight is 561 g/mol. The number of nitriles is 1. The summed E-state index contributed by atoms with van der Waals surface area (Å²) in [4.78, 5) is 28.6. The van der Waals surface area contributed by atoms with Crippen LogP contribution in [-0.2, 0) is 17.6 Å². The molecule has 2 unspecified atom stereocenters. The Morgan fingerprint density at radius 1 is 1.22 bits per heavy atom. The van der Waals surface area contributed by atoms with Crippen LogP contribution in [0, 0.1) is 18.3 Å². The molecule has 1 amide bonds. The van der Waals surface area contributed by atoms with E-state index in [-0.39, 0.29) is 24.5 Å². The smallest absolute Gasteiger partial charge is 0.318 e. The lowest BCUT2D eigenvalue weighted by molar-refractivity contribution is -0.128. The summed E-state index contributed by atoms with van der Waals surface area (Å²) in [6, 6.07) is 8.59. The second-order valence-electron chi connectivity index (χ2n) is 11.2. The highest BCUT2D eigenvalue weighted by atomic mass is 16.5. The number of hydrogen-bond acceptors (Lipinski definition) is 9. The molecule has 0 radical (unpaired) electrons. The highest BCUT2D eigenvalue weighted by Crippen LogP contribution is 2.34. The number of nitrogens with zero attached hydrogens (tertiary/aromatic N) is 6. The molecule has 5 rings (SSSR count). The van der Waals surface area contributed by atoms with E-state index in [2.05, 4.69) is 29.5 Å². The van der Waals surface area contributed by atoms with Gasteiger partial charge in [-0.2, -0.15) is 15.2 Å². The monoisotopic (exact) mass is 560 g/mol. The van der Waals surface area contributed by atoms with Crippen LogP contribution in [0.25, 0.3) is 0 Å². The maximum atomic E-state index is 12.5. The summed E-state index contributed by atoms with van der Waals surface area (Å²) in [7, 11) is 3.79. The number of aromatic nitrogens is 2. The molecule has 2 aliphatic heterocycles. The lowest BCUT2D eigenvalue weighted by Crippen LogP contribution is -2.55. The van der Waals surface area contributed by atoms with Gasteiger partial charge in [-0.1, -0.05) is 6.58 Å². The molecule has 1 aromatic carbocycles. The van der Waals surface area contributed by atoms with Gasteiger partial charge in [-0.3, -0.25) is 4.79 Å². The molecule has 1 aromatic heterocycles. The first-order valence-electron chi connectivity index (χ1n) is 14.5. The van der Waals surface area contributed by atoms with Crippen molar-refractivity contribution in [2.24, 2.45) is 0 Å². The van der Waals surface area contributed by atoms with Gasteiger partial charge >= 0.3 is 6.01 Å². The van der Waals surface area contributed by atoms with Gasteiger partial charge in [0.25, 0.3) is 0 Å². The topological polar surface area (TPSA) is 104 Å². The number of piperazine rings is 1. The fourth-order valence-corrected chi connectivity index (χ4v) is 6.13. The first-order valence-corrected chi connectivity index (χ1v) is 14.5. The molecule has 0 spiro atoms. The van der Waals surface area contributed by atoms with E-state index in [9.17, 15) is 10.1 Å². The summed E-state index contributed by atoms with van der Waals surface area (Å²) in [5, 5.41) is 9.48. The van der Waals surface area contributed by atoms with Crippen molar-refractivity contribution in [2.45, 2.75) is 63.6 Å². The van der Waals surface area contributed by atoms with Crippen molar-refractivity contribution >= 4 is 11.7 Å². The number of amides is 1. The molecule has 2 saturated heterocycles. The number of anilines is 1. The molecule has 218 valence electrons. The van der Waals surface area contributed by atoms with E-state index in [1.54, 1.807) is 12.0 Å². The minimum absolute atomic E-state index is 0.0282. The van der Waals surface area contributed by atoms with Crippen LogP contribution in [0.15, 0.2) is 30.9 Å². The molecule has 0 saturated carbocycles. The van der Waals surface area contributed by atoms with E-state index in [4.69, 9.17) is 24.2 Å². The number of likely N-dealkylation sites (N-methyl/N-ethyl adjacent to an activating group) is 1. The van der Waals surface area contributed by atoms with Gasteiger partial charge in [-0.05, 0) is 76.0 Å². The first kappa shape index (κ1) is 28.7. The summed E-state index contributed by atoms with van der Waals surface area (Å²) in [5.41, 5.74) is 3.06. The minimum atomic E-state index is -0.237. The third kappa shape index (κ3) is 6.41. The first-order chi connectivity index (χ1) is 19.9. The summed E-state index contributed by atoms with van der Waals surface area (Å²) >= 11 is 0. The lowest BCUT2D eigenvalue weighted by atomic mass is 9.93. The number of likely N-dealkylation sites (tertiary alicyclic amines) is 1. The Bertz CT molecular complexity index is 1310. The van der Waals surface area contributed by atoms with Crippen molar-refractivity contribution < 1.29 is 19.0 Å². The number of fused-ring (bicyclic) bond motifs is 1. The number of rotatable bonds is 9. The average Bonchev–Trinajstić information content (AvgIpc) is 3.40. The predicted molar refractivity (Wildman–Crippen MR) is 155 cm³/mol. The molecule has 3 aliphatic rings. The van der Waals surface area contributed by atoms with Crippen molar-refractivity contribution in [3.8, 4) is 23.6 Å². The molecule has 0 N–H and O–H groups in total. The highest BCUT2D eigenvalue weighted by Gasteiger charge is 2.34. The molecular formula is C31H40N6O4. The molecule has 2 aromatic rings. The number of aryl methyl sites for hydroxylation is 1. The molecule has 3 heterocycles. The third-order valence-electron chi connectivity index (χ3n) is 8.51. The van der Waals surface area contributed by atoms with E-state index < -0.39 is 0 Å². The predicted octanol–water partition coefficient (Wildman–Crippen LogP) is 3.32. The van der Waals surface area contributed by atoms with Gasteiger partial charge < -0.3 is 28.9 Å². The van der Waals surface area contributed by atoms with Gasteiger partial charge in [0.15, 0.2) is 0 Å². The van der Waals surface area contributed by atoms with E-state index in [1.807, 2.05) is 25.1 Å². The van der Waals surface area contributed by atoms with E-state index in [0.29, 0.717) is 44.7 Å². The van der Waals surface area contributed by atoms with E-state index in [1.165, 1.54) is 12.5 Å². The summed E-state index contributed by atoms with van der Waals surface area (Å²) in [6.07, 6.45) is 6.05. The van der Waals surface area contributed by atoms with Crippen LogP contribution in [-0.4, -0.2) is 90.8 Å². The zero-order valence-electron chi connectivity index (χ0n) is 24.3. The minimum Gasteiger partial charge on any atom is -0.497 e. The molecule has 2 fully saturated rings. The van der Waals surface area contributed by atoms with Crippen molar-refractivity contribution in [1.82, 2.24) is 19.8 Å². The maximum Gasteiger partial charge on any atom is 0.318 e. The third-order valence-corrected chi connectivity index (χ3v) is 8.51. The fourth-order valence-electron chi connectivity index (χ4n) is 6.13. The van der Waals surface area contributed by atoms with Crippen LogP contribution < -0.4 is 19.1 Å². The zero-order chi connectivity index (χ0) is 28.9. The van der Waals surface area contributed by atoms with E-state index in [0.717, 1.165) is 59.9 Å². The molecule has 3 atom stereocenters. The Morgan fingerprint density at radius 2 is 2.07 bits per heavy atom. The van der Waals surface area contributed by atoms with Gasteiger partial charge in [0.1, 0.15) is 30.0 Å². The van der Waals surface area contributed by atoms with Gasteiger partial charge in [-0.15, -0.1) is 0 Å². The summed E-state index contributed by atoms with van der Waals surface area (Å²) in [5.74, 6) is 2.35. The SMILES string of the molecule is C=CC(=O)N1CCN(c2nc(OCC3CCCN3C)nc3c2CC[C@@H](Oc2ccc(OC)cc2C)C3)CC1CC#N. The van der Waals surface area contributed by atoms with Gasteiger partial charge in [0, 0.05) is 37.7 Å². The number of hydrogen-bond donors (Lipinski definition) is 0. The van der Waals surface area contributed by atoms with Crippen molar-refractivity contribution in [3.63, 3.8) is 0 Å². The Balaban J connectivity index is 1.40. The highest BCUT2D eigenvalue weighted by molar-refractivity contribution is 5.87. The Morgan fingerprint density at radius 3 is 2.78 bits per heavy atom. The Hall–Kier alpha value is -3.84. The zero-order valence-corrected chi connectivity index (χ0v) is 24.3. The number of ether oxygens (including phenoxy) is 3. The van der Waals surface area contributed by atoms with Crippen LogP contribution in [0.5, 0.6) is 17.5 Å². The van der Waals surface area contributed by atoms with Crippen LogP contribution in [0.1, 0.15) is 42.5 Å². The molecule has 10 nitrogen and oxygen atoms in total. The summed E-state index contributed by atoms with van der Waals surface area (Å²) < 4.78 is 18.0. The van der Waals surface area contributed by atoms with Crippen molar-refractivity contribution in [3.05, 3.63) is 47.7 Å². The van der Waals surface area contributed by atoms with Crippen LogP contribution >= 0.6 is 0 Å². The number of carbonyl (C=O) groups excluding carboxylic acids is 1. The van der Waals surface area contributed by atoms with Crippen LogP contribution in [0.2, 0.25) is 0 Å². The lowest BCUT2D eigenvalue weighted by Gasteiger charge is -2.42. The maximum absolute atomic E-state index is 12.5. The number of benzene rings is 1. The quantitative estimate of drug-likeness (QED) is 0.427. The summed E-state index contributed by atoms with van der Waals surface area (Å²) in [6.45, 7) is 8.91. The molecule has 41 heavy (non-hydrogen) atoms. The Labute approximate surface area is 242 Å². The second-order valence-corrected chi connectivity index (χ2v) is 11.2.